The molecular formula is C19H22N2O4. The second-order valence-electron chi connectivity index (χ2n) is 5.62. The Morgan fingerprint density at radius 1 is 1.20 bits per heavy atom. The molecule has 0 saturated heterocycles. The SMILES string of the molecule is CCOC(=O)C(CC)/C(C)=N/NC(=O)c1cc2ccccc2cc1O. The number of aromatic hydroxyl groups is 1. The van der Waals surface area contributed by atoms with Gasteiger partial charge in [0.05, 0.1) is 18.1 Å². The summed E-state index contributed by atoms with van der Waals surface area (Å²) in [6.07, 6.45) is 0.519. The van der Waals surface area contributed by atoms with Crippen molar-refractivity contribution < 1.29 is 19.4 Å². The molecule has 1 unspecified atom stereocenters. The quantitative estimate of drug-likeness (QED) is 0.479. The van der Waals surface area contributed by atoms with Gasteiger partial charge in [-0.2, -0.15) is 5.10 Å². The first-order valence-electron chi connectivity index (χ1n) is 8.20. The van der Waals surface area contributed by atoms with Crippen molar-refractivity contribution in [3.63, 3.8) is 0 Å². The smallest absolute Gasteiger partial charge is 0.314 e. The van der Waals surface area contributed by atoms with Crippen LogP contribution in [0.2, 0.25) is 0 Å². The maximum atomic E-state index is 12.3. The zero-order chi connectivity index (χ0) is 18.4. The van der Waals surface area contributed by atoms with Crippen LogP contribution in [0.4, 0.5) is 0 Å². The summed E-state index contributed by atoms with van der Waals surface area (Å²) in [7, 11) is 0. The number of carbonyl (C=O) groups excluding carboxylic acids is 2. The molecule has 0 fully saturated rings. The molecule has 132 valence electrons. The van der Waals surface area contributed by atoms with E-state index in [1.165, 1.54) is 6.07 Å². The van der Waals surface area contributed by atoms with Crippen LogP contribution in [0.15, 0.2) is 41.5 Å². The van der Waals surface area contributed by atoms with E-state index in [0.29, 0.717) is 18.7 Å². The first-order valence-corrected chi connectivity index (χ1v) is 8.20. The molecule has 0 aliphatic carbocycles. The van der Waals surface area contributed by atoms with Crippen molar-refractivity contribution in [2.75, 3.05) is 6.61 Å². The molecule has 0 saturated carbocycles. The highest BCUT2D eigenvalue weighted by Gasteiger charge is 2.21. The maximum absolute atomic E-state index is 12.3. The van der Waals surface area contributed by atoms with Gasteiger partial charge in [0, 0.05) is 5.71 Å². The lowest BCUT2D eigenvalue weighted by molar-refractivity contribution is -0.145. The van der Waals surface area contributed by atoms with Crippen molar-refractivity contribution in [1.29, 1.82) is 0 Å². The number of hydrogen-bond acceptors (Lipinski definition) is 5. The van der Waals surface area contributed by atoms with Gasteiger partial charge in [0.2, 0.25) is 0 Å². The third-order valence-electron chi connectivity index (χ3n) is 3.93. The lowest BCUT2D eigenvalue weighted by Gasteiger charge is -2.13. The normalized spacial score (nSPS) is 12.7. The molecule has 1 atom stereocenters. The average molecular weight is 342 g/mol. The third kappa shape index (κ3) is 4.35. The summed E-state index contributed by atoms with van der Waals surface area (Å²) in [5.41, 5.74) is 2.98. The Labute approximate surface area is 146 Å². The molecule has 0 heterocycles. The highest BCUT2D eigenvalue weighted by Crippen LogP contribution is 2.24. The Bertz CT molecular complexity index is 814. The third-order valence-corrected chi connectivity index (χ3v) is 3.93. The topological polar surface area (TPSA) is 88.0 Å². The average Bonchev–Trinajstić information content (AvgIpc) is 2.60. The summed E-state index contributed by atoms with van der Waals surface area (Å²) in [5.74, 6) is -1.54. The van der Waals surface area contributed by atoms with Gasteiger partial charge in [0.15, 0.2) is 0 Å². The zero-order valence-corrected chi connectivity index (χ0v) is 14.6. The number of carbonyl (C=O) groups is 2. The van der Waals surface area contributed by atoms with Gasteiger partial charge < -0.3 is 9.84 Å². The minimum absolute atomic E-state index is 0.124. The first-order chi connectivity index (χ1) is 12.0. The van der Waals surface area contributed by atoms with Crippen LogP contribution in [0.5, 0.6) is 5.75 Å². The molecule has 0 radical (unpaired) electrons. The molecule has 2 rings (SSSR count). The Kier molecular flexibility index (Phi) is 6.11. The molecule has 1 amide bonds. The van der Waals surface area contributed by atoms with E-state index in [2.05, 4.69) is 10.5 Å². The number of nitrogens with zero attached hydrogens (tertiary/aromatic N) is 1. The van der Waals surface area contributed by atoms with E-state index in [0.717, 1.165) is 10.8 Å². The lowest BCUT2D eigenvalue weighted by atomic mass is 10.0. The highest BCUT2D eigenvalue weighted by molar-refractivity contribution is 6.04. The van der Waals surface area contributed by atoms with Crippen LogP contribution in [0.3, 0.4) is 0 Å². The number of hydrogen-bond donors (Lipinski definition) is 2. The van der Waals surface area contributed by atoms with Gasteiger partial charge in [-0.15, -0.1) is 0 Å². The van der Waals surface area contributed by atoms with Gasteiger partial charge in [0.1, 0.15) is 5.75 Å². The number of amides is 1. The van der Waals surface area contributed by atoms with Crippen LogP contribution in [0.1, 0.15) is 37.6 Å². The molecule has 25 heavy (non-hydrogen) atoms. The molecule has 2 aromatic rings. The predicted molar refractivity (Wildman–Crippen MR) is 96.6 cm³/mol. The monoisotopic (exact) mass is 342 g/mol. The first kappa shape index (κ1) is 18.4. The van der Waals surface area contributed by atoms with Crippen LogP contribution in [-0.2, 0) is 9.53 Å². The van der Waals surface area contributed by atoms with Gasteiger partial charge in [-0.1, -0.05) is 31.2 Å². The number of fused-ring (bicyclic) bond motifs is 1. The Balaban J connectivity index is 2.18. The minimum atomic E-state index is -0.540. The van der Waals surface area contributed by atoms with E-state index in [1.807, 2.05) is 31.2 Å². The molecule has 6 nitrogen and oxygen atoms in total. The minimum Gasteiger partial charge on any atom is -0.507 e. The van der Waals surface area contributed by atoms with Crippen molar-refractivity contribution in [1.82, 2.24) is 5.43 Å². The van der Waals surface area contributed by atoms with Crippen molar-refractivity contribution in [2.24, 2.45) is 11.0 Å². The van der Waals surface area contributed by atoms with Crippen LogP contribution < -0.4 is 5.43 Å². The summed E-state index contributed by atoms with van der Waals surface area (Å²) in [4.78, 5) is 24.2. The summed E-state index contributed by atoms with van der Waals surface area (Å²) >= 11 is 0. The summed E-state index contributed by atoms with van der Waals surface area (Å²) in [6.45, 7) is 5.53. The van der Waals surface area contributed by atoms with E-state index < -0.39 is 11.8 Å². The van der Waals surface area contributed by atoms with Crippen molar-refractivity contribution in [3.05, 3.63) is 42.0 Å². The number of hydrazone groups is 1. The fraction of sp³-hybridized carbons (Fsp3) is 0.316. The number of phenolic OH excluding ortho intramolecular Hbond substituents is 1. The molecule has 0 spiro atoms. The van der Waals surface area contributed by atoms with Crippen molar-refractivity contribution >= 4 is 28.4 Å². The molecule has 0 aliphatic rings. The van der Waals surface area contributed by atoms with E-state index in [1.54, 1.807) is 19.9 Å². The predicted octanol–water partition coefficient (Wildman–Crippen LogP) is 3.24. The Hall–Kier alpha value is -2.89. The van der Waals surface area contributed by atoms with Crippen molar-refractivity contribution in [3.8, 4) is 5.75 Å². The fourth-order valence-corrected chi connectivity index (χ4v) is 2.56. The molecule has 0 aromatic heterocycles. The number of esters is 1. The van der Waals surface area contributed by atoms with E-state index in [9.17, 15) is 14.7 Å². The second kappa shape index (κ2) is 8.28. The number of phenols is 1. The van der Waals surface area contributed by atoms with Gasteiger partial charge in [-0.3, -0.25) is 9.59 Å². The van der Waals surface area contributed by atoms with Crippen LogP contribution in [-0.4, -0.2) is 29.3 Å². The van der Waals surface area contributed by atoms with Crippen LogP contribution in [0.25, 0.3) is 10.8 Å². The lowest BCUT2D eigenvalue weighted by Crippen LogP contribution is -2.27. The Morgan fingerprint density at radius 3 is 2.44 bits per heavy atom. The molecular weight excluding hydrogens is 320 g/mol. The van der Waals surface area contributed by atoms with Gasteiger partial charge in [-0.05, 0) is 43.2 Å². The largest absolute Gasteiger partial charge is 0.507 e. The van der Waals surface area contributed by atoms with Crippen LogP contribution in [0, 0.1) is 5.92 Å². The molecule has 2 N–H and O–H groups in total. The van der Waals surface area contributed by atoms with Gasteiger partial charge in [-0.25, -0.2) is 5.43 Å². The summed E-state index contributed by atoms with van der Waals surface area (Å²) < 4.78 is 5.00. The zero-order valence-electron chi connectivity index (χ0n) is 14.6. The number of rotatable bonds is 6. The highest BCUT2D eigenvalue weighted by atomic mass is 16.5. The molecule has 0 aliphatic heterocycles. The van der Waals surface area contributed by atoms with E-state index in [4.69, 9.17) is 4.74 Å². The molecule has 2 aromatic carbocycles. The number of nitrogens with one attached hydrogen (secondary N) is 1. The Morgan fingerprint density at radius 2 is 1.84 bits per heavy atom. The van der Waals surface area contributed by atoms with E-state index >= 15 is 0 Å². The molecule has 0 bridgehead atoms. The van der Waals surface area contributed by atoms with E-state index in [-0.39, 0.29) is 17.3 Å². The number of benzene rings is 2. The van der Waals surface area contributed by atoms with Crippen molar-refractivity contribution in [2.45, 2.75) is 27.2 Å². The van der Waals surface area contributed by atoms with Gasteiger partial charge in [0.25, 0.3) is 5.91 Å². The number of ether oxygens (including phenoxy) is 1. The second-order valence-corrected chi connectivity index (χ2v) is 5.62. The summed E-state index contributed by atoms with van der Waals surface area (Å²) in [6, 6.07) is 10.6. The standard InChI is InChI=1S/C19H22N2O4/c1-4-15(19(24)25-5-2)12(3)20-21-18(23)16-10-13-8-6-7-9-14(13)11-17(16)22/h6-11,15,22H,4-5H2,1-3H3,(H,21,23)/b20-12+. The maximum Gasteiger partial charge on any atom is 0.314 e. The van der Waals surface area contributed by atoms with Crippen LogP contribution >= 0.6 is 0 Å². The molecule has 6 heteroatoms. The summed E-state index contributed by atoms with van der Waals surface area (Å²) in [5, 5.41) is 15.8. The van der Waals surface area contributed by atoms with Gasteiger partial charge >= 0.3 is 5.97 Å². The fourth-order valence-electron chi connectivity index (χ4n) is 2.56.